The number of rotatable bonds is 6. The SMILES string of the molecule is COc1ccc(C=C(C(=O)c2ccc(Cl)cc2)N2C=CC=CC2=C(C#N)C#N)cc1OC. The minimum Gasteiger partial charge on any atom is -0.493 e. The molecule has 0 radical (unpaired) electrons. The monoisotopic (exact) mass is 443 g/mol. The van der Waals surface area contributed by atoms with Gasteiger partial charge in [-0.1, -0.05) is 23.7 Å². The standard InChI is InChI=1S/C25H18ClN3O3/c1-31-23-11-6-17(14-24(23)32-2)13-22(25(30)18-7-9-20(26)10-8-18)29-12-4-3-5-21(29)19(15-27)16-28/h3-14H,1-2H3. The zero-order valence-corrected chi connectivity index (χ0v) is 18.1. The van der Waals surface area contributed by atoms with E-state index >= 15 is 0 Å². The lowest BCUT2D eigenvalue weighted by Crippen LogP contribution is -2.24. The van der Waals surface area contributed by atoms with Gasteiger partial charge in [-0.15, -0.1) is 0 Å². The Morgan fingerprint density at radius 2 is 1.69 bits per heavy atom. The largest absolute Gasteiger partial charge is 0.493 e. The van der Waals surface area contributed by atoms with E-state index in [1.165, 1.54) is 19.1 Å². The summed E-state index contributed by atoms with van der Waals surface area (Å²) in [6.45, 7) is 0. The molecule has 32 heavy (non-hydrogen) atoms. The number of Topliss-reactive ketones (excluding diaryl/α,β-unsaturated/α-hetero) is 1. The average Bonchev–Trinajstić information content (AvgIpc) is 2.83. The summed E-state index contributed by atoms with van der Waals surface area (Å²) in [6.07, 6.45) is 8.31. The summed E-state index contributed by atoms with van der Waals surface area (Å²) in [5.41, 5.74) is 1.48. The molecule has 1 heterocycles. The van der Waals surface area contributed by atoms with Gasteiger partial charge >= 0.3 is 0 Å². The second kappa shape index (κ2) is 10.2. The minimum atomic E-state index is -0.316. The molecule has 0 aliphatic carbocycles. The Bertz CT molecular complexity index is 1230. The van der Waals surface area contributed by atoms with Crippen molar-refractivity contribution in [2.24, 2.45) is 0 Å². The smallest absolute Gasteiger partial charge is 0.209 e. The van der Waals surface area contributed by atoms with Crippen LogP contribution >= 0.6 is 11.6 Å². The van der Waals surface area contributed by atoms with E-state index < -0.39 is 0 Å². The average molecular weight is 444 g/mol. The highest BCUT2D eigenvalue weighted by atomic mass is 35.5. The molecule has 0 fully saturated rings. The molecule has 0 unspecified atom stereocenters. The van der Waals surface area contributed by atoms with Crippen molar-refractivity contribution in [3.63, 3.8) is 0 Å². The first-order valence-corrected chi connectivity index (χ1v) is 9.82. The van der Waals surface area contributed by atoms with Crippen LogP contribution in [0.4, 0.5) is 0 Å². The highest BCUT2D eigenvalue weighted by Crippen LogP contribution is 2.31. The van der Waals surface area contributed by atoms with Gasteiger partial charge in [0, 0.05) is 16.8 Å². The summed E-state index contributed by atoms with van der Waals surface area (Å²) < 4.78 is 10.7. The molecule has 0 spiro atoms. The molecule has 1 aliphatic rings. The molecule has 1 aliphatic heterocycles. The molecule has 0 amide bonds. The third-order valence-corrected chi connectivity index (χ3v) is 4.90. The van der Waals surface area contributed by atoms with E-state index in [9.17, 15) is 15.3 Å². The minimum absolute atomic E-state index is 0.118. The molecule has 0 aromatic heterocycles. The highest BCUT2D eigenvalue weighted by Gasteiger charge is 2.23. The van der Waals surface area contributed by atoms with E-state index in [1.807, 2.05) is 12.1 Å². The van der Waals surface area contributed by atoms with Crippen LogP contribution in [0.1, 0.15) is 15.9 Å². The number of hydrogen-bond donors (Lipinski definition) is 0. The lowest BCUT2D eigenvalue weighted by molar-refractivity contribution is 0.101. The summed E-state index contributed by atoms with van der Waals surface area (Å²) in [5.74, 6) is 0.733. The molecule has 0 atom stereocenters. The van der Waals surface area contributed by atoms with E-state index in [4.69, 9.17) is 21.1 Å². The number of nitriles is 2. The Balaban J connectivity index is 2.20. The van der Waals surface area contributed by atoms with E-state index in [2.05, 4.69) is 0 Å². The Labute approximate surface area is 191 Å². The van der Waals surface area contributed by atoms with Crippen LogP contribution in [0.25, 0.3) is 6.08 Å². The number of ketones is 1. The third kappa shape index (κ3) is 4.73. The third-order valence-electron chi connectivity index (χ3n) is 4.65. The predicted molar refractivity (Wildman–Crippen MR) is 122 cm³/mol. The van der Waals surface area contributed by atoms with Crippen molar-refractivity contribution in [3.05, 3.63) is 100 Å². The van der Waals surface area contributed by atoms with Crippen molar-refractivity contribution in [2.75, 3.05) is 14.2 Å². The fourth-order valence-electron chi connectivity index (χ4n) is 3.09. The predicted octanol–water partition coefficient (Wildman–Crippen LogP) is 5.27. The van der Waals surface area contributed by atoms with Gasteiger partial charge < -0.3 is 14.4 Å². The van der Waals surface area contributed by atoms with Crippen molar-refractivity contribution in [3.8, 4) is 23.6 Å². The number of methoxy groups -OCH3 is 2. The fraction of sp³-hybridized carbons (Fsp3) is 0.0800. The number of halogens is 1. The van der Waals surface area contributed by atoms with Crippen molar-refractivity contribution < 1.29 is 14.3 Å². The normalized spacial score (nSPS) is 12.7. The molecule has 0 saturated carbocycles. The summed E-state index contributed by atoms with van der Waals surface area (Å²) in [4.78, 5) is 15.1. The summed E-state index contributed by atoms with van der Waals surface area (Å²) in [7, 11) is 3.06. The second-order valence-corrected chi connectivity index (χ2v) is 6.97. The quantitative estimate of drug-likeness (QED) is 0.343. The maximum Gasteiger partial charge on any atom is 0.209 e. The molecule has 6 nitrogen and oxygen atoms in total. The van der Waals surface area contributed by atoms with Crippen molar-refractivity contribution >= 4 is 23.5 Å². The molecule has 0 saturated heterocycles. The van der Waals surface area contributed by atoms with Crippen molar-refractivity contribution in [1.82, 2.24) is 4.90 Å². The Morgan fingerprint density at radius 1 is 1.00 bits per heavy atom. The first-order valence-electron chi connectivity index (χ1n) is 9.45. The molecular formula is C25H18ClN3O3. The highest BCUT2D eigenvalue weighted by molar-refractivity contribution is 6.30. The number of carbonyl (C=O) groups excluding carboxylic acids is 1. The van der Waals surface area contributed by atoms with E-state index in [0.29, 0.717) is 33.3 Å². The van der Waals surface area contributed by atoms with E-state index in [0.717, 1.165) is 0 Å². The van der Waals surface area contributed by atoms with Crippen LogP contribution in [-0.4, -0.2) is 24.9 Å². The van der Waals surface area contributed by atoms with Gasteiger partial charge in [0.2, 0.25) is 5.78 Å². The molecule has 0 bridgehead atoms. The van der Waals surface area contributed by atoms with E-state index in [-0.39, 0.29) is 17.1 Å². The second-order valence-electron chi connectivity index (χ2n) is 6.53. The maximum absolute atomic E-state index is 13.5. The van der Waals surface area contributed by atoms with Crippen LogP contribution in [0.3, 0.4) is 0 Å². The number of allylic oxidation sites excluding steroid dienone is 5. The van der Waals surface area contributed by atoms with Crippen LogP contribution < -0.4 is 9.47 Å². The Hall–Kier alpha value is -4.26. The van der Waals surface area contributed by atoms with Crippen LogP contribution in [-0.2, 0) is 0 Å². The molecule has 7 heteroatoms. The van der Waals surface area contributed by atoms with Gasteiger partial charge in [0.05, 0.1) is 25.6 Å². The number of benzene rings is 2. The molecule has 0 N–H and O–H groups in total. The molecular weight excluding hydrogens is 426 g/mol. The first-order chi connectivity index (χ1) is 15.5. The number of hydrogen-bond acceptors (Lipinski definition) is 6. The van der Waals surface area contributed by atoms with Gasteiger partial charge in [-0.25, -0.2) is 0 Å². The lowest BCUT2D eigenvalue weighted by Gasteiger charge is -2.26. The summed E-state index contributed by atoms with van der Waals surface area (Å²) in [6, 6.07) is 15.5. The molecule has 158 valence electrons. The van der Waals surface area contributed by atoms with Crippen molar-refractivity contribution in [1.29, 1.82) is 10.5 Å². The van der Waals surface area contributed by atoms with Gasteiger partial charge in [0.1, 0.15) is 12.1 Å². The molecule has 2 aromatic carbocycles. The topological polar surface area (TPSA) is 86.4 Å². The Morgan fingerprint density at radius 3 is 2.31 bits per heavy atom. The maximum atomic E-state index is 13.5. The number of carbonyl (C=O) groups is 1. The summed E-state index contributed by atoms with van der Waals surface area (Å²) >= 11 is 5.98. The van der Waals surface area contributed by atoms with Gasteiger partial charge in [-0.05, 0) is 60.2 Å². The van der Waals surface area contributed by atoms with Gasteiger partial charge in [0.15, 0.2) is 17.1 Å². The van der Waals surface area contributed by atoms with Gasteiger partial charge in [0.25, 0.3) is 0 Å². The van der Waals surface area contributed by atoms with Gasteiger partial charge in [-0.3, -0.25) is 4.79 Å². The van der Waals surface area contributed by atoms with Crippen LogP contribution in [0.5, 0.6) is 11.5 Å². The fourth-order valence-corrected chi connectivity index (χ4v) is 3.22. The molecule has 2 aromatic rings. The zero-order chi connectivity index (χ0) is 23.1. The first kappa shape index (κ1) is 22.4. The Kier molecular flexibility index (Phi) is 7.13. The van der Waals surface area contributed by atoms with Crippen LogP contribution in [0, 0.1) is 22.7 Å². The number of ether oxygens (including phenoxy) is 2. The van der Waals surface area contributed by atoms with Crippen molar-refractivity contribution in [2.45, 2.75) is 0 Å². The number of nitrogens with zero attached hydrogens (tertiary/aromatic N) is 3. The van der Waals surface area contributed by atoms with Gasteiger partial charge in [-0.2, -0.15) is 10.5 Å². The van der Waals surface area contributed by atoms with E-state index in [1.54, 1.807) is 73.0 Å². The molecule has 3 rings (SSSR count). The van der Waals surface area contributed by atoms with Crippen LogP contribution in [0.2, 0.25) is 5.02 Å². The lowest BCUT2D eigenvalue weighted by atomic mass is 10.0. The van der Waals surface area contributed by atoms with Crippen LogP contribution in [0.15, 0.2) is 83.9 Å². The summed E-state index contributed by atoms with van der Waals surface area (Å²) in [5, 5.41) is 19.3. The zero-order valence-electron chi connectivity index (χ0n) is 17.4.